The van der Waals surface area contributed by atoms with Crippen molar-refractivity contribution in [2.45, 2.75) is 12.8 Å². The summed E-state index contributed by atoms with van der Waals surface area (Å²) in [6, 6.07) is 16.1. The molecule has 5 aromatic rings. The lowest BCUT2D eigenvalue weighted by Gasteiger charge is -2.17. The smallest absolute Gasteiger partial charge is 0.255 e. The van der Waals surface area contributed by atoms with Crippen LogP contribution in [0.1, 0.15) is 21.7 Å². The second kappa shape index (κ2) is 10.9. The Labute approximate surface area is 229 Å². The molecule has 1 aliphatic heterocycles. The Hall–Kier alpha value is -5.12. The normalized spacial score (nSPS) is 12.5. The molecule has 0 spiro atoms. The number of para-hydroxylation sites is 1. The first kappa shape index (κ1) is 25.2. The van der Waals surface area contributed by atoms with Crippen LogP contribution in [0.3, 0.4) is 0 Å². The number of amides is 1. The number of rotatable bonds is 9. The number of halogens is 1. The van der Waals surface area contributed by atoms with Crippen LogP contribution in [-0.2, 0) is 12.8 Å². The zero-order chi connectivity index (χ0) is 27.5. The van der Waals surface area contributed by atoms with Gasteiger partial charge < -0.3 is 29.5 Å². The van der Waals surface area contributed by atoms with Gasteiger partial charge in [0.2, 0.25) is 5.89 Å². The highest BCUT2D eigenvalue weighted by Crippen LogP contribution is 2.42. The summed E-state index contributed by atoms with van der Waals surface area (Å²) in [5, 5.41) is 6.13. The number of oxazole rings is 1. The van der Waals surface area contributed by atoms with Gasteiger partial charge in [-0.15, -0.1) is 0 Å². The molecule has 0 radical (unpaired) electrons. The van der Waals surface area contributed by atoms with Gasteiger partial charge in [-0.1, -0.05) is 24.3 Å². The third kappa shape index (κ3) is 4.86. The number of H-pyrrole nitrogens is 1. The van der Waals surface area contributed by atoms with Crippen LogP contribution < -0.4 is 20.1 Å². The number of nitrogens with one attached hydrogen (secondary N) is 3. The van der Waals surface area contributed by atoms with Crippen LogP contribution in [-0.4, -0.2) is 41.1 Å². The van der Waals surface area contributed by atoms with Gasteiger partial charge in [0.05, 0.1) is 48.2 Å². The van der Waals surface area contributed by atoms with Crippen molar-refractivity contribution in [1.82, 2.24) is 20.3 Å². The van der Waals surface area contributed by atoms with Crippen molar-refractivity contribution in [3.8, 4) is 34.2 Å². The number of hydrogen-bond donors (Lipinski definition) is 3. The second-order valence-corrected chi connectivity index (χ2v) is 9.16. The van der Waals surface area contributed by atoms with Crippen molar-refractivity contribution in [3.63, 3.8) is 0 Å². The first-order valence-corrected chi connectivity index (χ1v) is 12.8. The molecule has 1 amide bonds. The summed E-state index contributed by atoms with van der Waals surface area (Å²) < 4.78 is 31.6. The lowest BCUT2D eigenvalue weighted by atomic mass is 10.0. The summed E-state index contributed by atoms with van der Waals surface area (Å²) in [6.07, 6.45) is 6.04. The standard InChI is InChI=1S/C30H26FN5O4/c1-38-28-21(31)8-5-9-23(28)36-27-25-22(11-14-33-29(25)37)35-26(27)20-10-13-32-16-24(20)39-15-12-19-17-40-30(34-19)18-6-3-2-4-7-18/h2-10,13,16-17,35-36H,11-12,14-15H2,1H3,(H,33,37). The van der Waals surface area contributed by atoms with Crippen LogP contribution in [0.25, 0.3) is 22.7 Å². The van der Waals surface area contributed by atoms with Gasteiger partial charge in [-0.25, -0.2) is 9.37 Å². The fourth-order valence-electron chi connectivity index (χ4n) is 4.76. The molecule has 6 rings (SSSR count). The van der Waals surface area contributed by atoms with Crippen LogP contribution in [0.2, 0.25) is 0 Å². The number of pyridine rings is 1. The van der Waals surface area contributed by atoms with E-state index in [4.69, 9.17) is 13.9 Å². The highest BCUT2D eigenvalue weighted by atomic mass is 19.1. The first-order valence-electron chi connectivity index (χ1n) is 12.8. The van der Waals surface area contributed by atoms with Gasteiger partial charge in [-0.05, 0) is 30.3 Å². The molecule has 3 N–H and O–H groups in total. The topological polar surface area (TPSA) is 114 Å². The Kier molecular flexibility index (Phi) is 6.88. The summed E-state index contributed by atoms with van der Waals surface area (Å²) in [5.74, 6) is 0.379. The lowest BCUT2D eigenvalue weighted by molar-refractivity contribution is 0.0947. The number of benzene rings is 2. The number of ether oxygens (including phenoxy) is 2. The summed E-state index contributed by atoms with van der Waals surface area (Å²) in [6.45, 7) is 0.831. The summed E-state index contributed by atoms with van der Waals surface area (Å²) in [7, 11) is 1.40. The van der Waals surface area contributed by atoms with Crippen molar-refractivity contribution in [1.29, 1.82) is 0 Å². The van der Waals surface area contributed by atoms with Crippen LogP contribution in [0, 0.1) is 5.82 Å². The molecule has 9 nitrogen and oxygen atoms in total. The van der Waals surface area contributed by atoms with Gasteiger partial charge in [0.1, 0.15) is 12.0 Å². The molecule has 1 aliphatic rings. The Bertz CT molecular complexity index is 1660. The van der Waals surface area contributed by atoms with Crippen molar-refractivity contribution in [3.05, 3.63) is 96.0 Å². The SMILES string of the molecule is COc1c(F)cccc1Nc1c(-c2ccncc2OCCc2coc(-c3ccccc3)n2)[nH]c2c1C(=O)NCC2. The molecular formula is C30H26FN5O4. The van der Waals surface area contributed by atoms with Crippen LogP contribution in [0.5, 0.6) is 11.5 Å². The van der Waals surface area contributed by atoms with E-state index in [1.807, 2.05) is 36.4 Å². The van der Waals surface area contributed by atoms with Crippen LogP contribution >= 0.6 is 0 Å². The predicted octanol–water partition coefficient (Wildman–Crippen LogP) is 5.53. The zero-order valence-electron chi connectivity index (χ0n) is 21.7. The molecule has 0 saturated carbocycles. The molecule has 2 aromatic carbocycles. The first-order chi connectivity index (χ1) is 19.6. The number of carbonyl (C=O) groups is 1. The molecular weight excluding hydrogens is 513 g/mol. The maximum atomic E-state index is 14.5. The molecule has 0 bridgehead atoms. The van der Waals surface area contributed by atoms with E-state index in [-0.39, 0.29) is 11.7 Å². The number of carbonyl (C=O) groups excluding carboxylic acids is 1. The quantitative estimate of drug-likeness (QED) is 0.226. The Balaban J connectivity index is 1.29. The van der Waals surface area contributed by atoms with Crippen molar-refractivity contribution < 1.29 is 23.1 Å². The van der Waals surface area contributed by atoms with E-state index in [1.165, 1.54) is 13.2 Å². The lowest BCUT2D eigenvalue weighted by Crippen LogP contribution is -2.31. The number of fused-ring (bicyclic) bond motifs is 1. The van der Waals surface area contributed by atoms with Crippen molar-refractivity contribution in [2.24, 2.45) is 0 Å². The van der Waals surface area contributed by atoms with Gasteiger partial charge >= 0.3 is 0 Å². The maximum Gasteiger partial charge on any atom is 0.255 e. The Morgan fingerprint density at radius 3 is 2.85 bits per heavy atom. The predicted molar refractivity (Wildman–Crippen MR) is 147 cm³/mol. The van der Waals surface area contributed by atoms with E-state index in [0.717, 1.165) is 17.0 Å². The van der Waals surface area contributed by atoms with E-state index < -0.39 is 5.82 Å². The average Bonchev–Trinajstić information content (AvgIpc) is 3.60. The molecule has 0 aliphatic carbocycles. The highest BCUT2D eigenvalue weighted by Gasteiger charge is 2.29. The molecule has 3 aromatic heterocycles. The molecule has 4 heterocycles. The highest BCUT2D eigenvalue weighted by molar-refractivity contribution is 6.06. The number of hydrogen-bond acceptors (Lipinski definition) is 7. The fourth-order valence-corrected chi connectivity index (χ4v) is 4.76. The molecule has 0 saturated heterocycles. The maximum absolute atomic E-state index is 14.5. The van der Waals surface area contributed by atoms with E-state index in [9.17, 15) is 9.18 Å². The van der Waals surface area contributed by atoms with Crippen molar-refractivity contribution >= 4 is 17.3 Å². The minimum Gasteiger partial charge on any atom is -0.492 e. The molecule has 0 unspecified atom stereocenters. The Morgan fingerprint density at radius 1 is 1.12 bits per heavy atom. The summed E-state index contributed by atoms with van der Waals surface area (Å²) in [4.78, 5) is 25.2. The van der Waals surface area contributed by atoms with E-state index in [0.29, 0.717) is 65.8 Å². The zero-order valence-corrected chi connectivity index (χ0v) is 21.7. The van der Waals surface area contributed by atoms with Crippen molar-refractivity contribution in [2.75, 3.05) is 25.6 Å². The number of anilines is 2. The van der Waals surface area contributed by atoms with E-state index in [1.54, 1.807) is 30.8 Å². The van der Waals surface area contributed by atoms with Gasteiger partial charge in [-0.2, -0.15) is 0 Å². The molecule has 202 valence electrons. The number of aromatic amines is 1. The van der Waals surface area contributed by atoms with Crippen LogP contribution in [0.15, 0.2) is 77.7 Å². The number of aromatic nitrogens is 3. The number of nitrogens with zero attached hydrogens (tertiary/aromatic N) is 2. The molecule has 0 fully saturated rings. The molecule has 10 heteroatoms. The number of methoxy groups -OCH3 is 1. The van der Waals surface area contributed by atoms with E-state index >= 15 is 0 Å². The largest absolute Gasteiger partial charge is 0.492 e. The summed E-state index contributed by atoms with van der Waals surface area (Å²) >= 11 is 0. The minimum atomic E-state index is -0.515. The molecule has 40 heavy (non-hydrogen) atoms. The fraction of sp³-hybridized carbons (Fsp3) is 0.167. The summed E-state index contributed by atoms with van der Waals surface area (Å²) in [5.41, 5.74) is 5.10. The van der Waals surface area contributed by atoms with E-state index in [2.05, 4.69) is 25.6 Å². The third-order valence-electron chi connectivity index (χ3n) is 6.64. The monoisotopic (exact) mass is 539 g/mol. The molecule has 0 atom stereocenters. The third-order valence-corrected chi connectivity index (χ3v) is 6.64. The van der Waals surface area contributed by atoms with Crippen LogP contribution in [0.4, 0.5) is 15.8 Å². The minimum absolute atomic E-state index is 0.0494. The second-order valence-electron chi connectivity index (χ2n) is 9.16. The Morgan fingerprint density at radius 2 is 2.00 bits per heavy atom. The average molecular weight is 540 g/mol. The van der Waals surface area contributed by atoms with Gasteiger partial charge in [0, 0.05) is 42.4 Å². The van der Waals surface area contributed by atoms with Gasteiger partial charge in [0.25, 0.3) is 5.91 Å². The van der Waals surface area contributed by atoms with Gasteiger partial charge in [0.15, 0.2) is 11.6 Å². The van der Waals surface area contributed by atoms with Gasteiger partial charge in [-0.3, -0.25) is 9.78 Å².